The summed E-state index contributed by atoms with van der Waals surface area (Å²) >= 11 is 1.88. The third-order valence-electron chi connectivity index (χ3n) is 9.58. The first-order valence-electron chi connectivity index (χ1n) is 15.8. The Morgan fingerprint density at radius 2 is 1.07 bits per heavy atom. The fraction of sp³-hybridized carbons (Fsp3) is 0. The van der Waals surface area contributed by atoms with Crippen LogP contribution in [0.15, 0.2) is 174 Å². The molecule has 10 rings (SSSR count). The van der Waals surface area contributed by atoms with Crippen molar-refractivity contribution >= 4 is 55.1 Å². The van der Waals surface area contributed by atoms with Crippen LogP contribution in [-0.4, -0.2) is 4.57 Å². The number of para-hydroxylation sites is 1. The molecule has 1 aliphatic rings. The molecule has 1 aromatic heterocycles. The van der Waals surface area contributed by atoms with Gasteiger partial charge in [0.15, 0.2) is 0 Å². The summed E-state index contributed by atoms with van der Waals surface area (Å²) in [7, 11) is 0. The average molecular weight is 602 g/mol. The summed E-state index contributed by atoms with van der Waals surface area (Å²) in [5.74, 6) is 0. The van der Waals surface area contributed by atoms with Crippen LogP contribution < -0.4 is 0 Å². The lowest BCUT2D eigenvalue weighted by molar-refractivity contribution is 1.18. The van der Waals surface area contributed by atoms with Crippen molar-refractivity contribution in [1.29, 1.82) is 0 Å². The SMILES string of the molecule is c1ccc(-n2c3cc(-c4ccccc4-c4ccc5c(c4)-c4cccc6cccc(c46)S5)ccc3c3c4ccccc4ccc32)cc1. The van der Waals surface area contributed by atoms with Gasteiger partial charge in [0.05, 0.1) is 11.0 Å². The third kappa shape index (κ3) is 3.77. The molecule has 214 valence electrons. The van der Waals surface area contributed by atoms with Gasteiger partial charge in [0.25, 0.3) is 0 Å². The zero-order chi connectivity index (χ0) is 30.2. The van der Waals surface area contributed by atoms with Gasteiger partial charge in [-0.3, -0.25) is 0 Å². The zero-order valence-electron chi connectivity index (χ0n) is 24.9. The summed E-state index contributed by atoms with van der Waals surface area (Å²) in [6.07, 6.45) is 0. The molecule has 0 aliphatic carbocycles. The van der Waals surface area contributed by atoms with Crippen molar-refractivity contribution in [2.45, 2.75) is 9.79 Å². The molecule has 2 heterocycles. The Morgan fingerprint density at radius 3 is 1.93 bits per heavy atom. The number of benzene rings is 8. The fourth-order valence-corrected chi connectivity index (χ4v) is 8.66. The molecule has 0 fully saturated rings. The van der Waals surface area contributed by atoms with E-state index in [1.807, 2.05) is 11.8 Å². The summed E-state index contributed by atoms with van der Waals surface area (Å²) < 4.78 is 2.43. The molecule has 8 aromatic carbocycles. The molecule has 0 bridgehead atoms. The van der Waals surface area contributed by atoms with Gasteiger partial charge in [-0.2, -0.15) is 0 Å². The first-order valence-corrected chi connectivity index (χ1v) is 16.6. The maximum Gasteiger partial charge on any atom is 0.0547 e. The molecule has 1 aliphatic heterocycles. The lowest BCUT2D eigenvalue weighted by Crippen LogP contribution is -1.94. The Kier molecular flexibility index (Phi) is 5.58. The highest BCUT2D eigenvalue weighted by molar-refractivity contribution is 7.99. The summed E-state index contributed by atoms with van der Waals surface area (Å²) in [5, 5.41) is 7.79. The molecule has 46 heavy (non-hydrogen) atoms. The zero-order valence-corrected chi connectivity index (χ0v) is 25.8. The van der Waals surface area contributed by atoms with Gasteiger partial charge in [-0.25, -0.2) is 0 Å². The first kappa shape index (κ1) is 25.7. The van der Waals surface area contributed by atoms with Crippen molar-refractivity contribution in [3.05, 3.63) is 164 Å². The Hall–Kier alpha value is -5.57. The summed E-state index contributed by atoms with van der Waals surface area (Å²) in [4.78, 5) is 2.65. The predicted molar refractivity (Wildman–Crippen MR) is 196 cm³/mol. The molecule has 2 heteroatoms. The van der Waals surface area contributed by atoms with Gasteiger partial charge in [0.1, 0.15) is 0 Å². The highest BCUT2D eigenvalue weighted by atomic mass is 32.2. The standard InChI is InChI=1S/C44H27NS/c1-2-13-32(14-3-1)45-39-24-21-28-10-4-5-17-35(28)44(39)37-23-20-31(27-40(37)45)34-16-7-6-15-33(34)30-22-25-41-38(26-30)36-18-8-11-29-12-9-19-42(46-41)43(29)36/h1-27H. The Bertz CT molecular complexity index is 2660. The van der Waals surface area contributed by atoms with E-state index in [9.17, 15) is 0 Å². The summed E-state index contributed by atoms with van der Waals surface area (Å²) in [6.45, 7) is 0. The number of rotatable bonds is 3. The maximum absolute atomic E-state index is 2.43. The van der Waals surface area contributed by atoms with Crippen molar-refractivity contribution in [1.82, 2.24) is 4.57 Å². The van der Waals surface area contributed by atoms with Gasteiger partial charge in [-0.1, -0.05) is 133 Å². The van der Waals surface area contributed by atoms with Crippen LogP contribution in [0.25, 0.3) is 82.4 Å². The van der Waals surface area contributed by atoms with Crippen LogP contribution in [0.1, 0.15) is 0 Å². The molecule has 0 N–H and O–H groups in total. The van der Waals surface area contributed by atoms with E-state index in [0.717, 1.165) is 0 Å². The van der Waals surface area contributed by atoms with Crippen LogP contribution in [0, 0.1) is 0 Å². The van der Waals surface area contributed by atoms with Crippen LogP contribution in [0.2, 0.25) is 0 Å². The number of hydrogen-bond acceptors (Lipinski definition) is 1. The van der Waals surface area contributed by atoms with E-state index < -0.39 is 0 Å². The summed E-state index contributed by atoms with van der Waals surface area (Å²) in [5.41, 5.74) is 11.2. The minimum Gasteiger partial charge on any atom is -0.309 e. The second-order valence-corrected chi connectivity index (χ2v) is 13.2. The lowest BCUT2D eigenvalue weighted by atomic mass is 9.91. The Morgan fingerprint density at radius 1 is 0.370 bits per heavy atom. The van der Waals surface area contributed by atoms with E-state index in [1.54, 1.807) is 0 Å². The van der Waals surface area contributed by atoms with Gasteiger partial charge >= 0.3 is 0 Å². The number of fused-ring (bicyclic) bond motifs is 7. The predicted octanol–water partition coefficient (Wildman–Crippen LogP) is 12.6. The molecular formula is C44H27NS. The van der Waals surface area contributed by atoms with E-state index in [1.165, 1.54) is 92.2 Å². The first-order chi connectivity index (χ1) is 22.8. The number of nitrogens with zero attached hydrogens (tertiary/aromatic N) is 1. The molecule has 0 unspecified atom stereocenters. The van der Waals surface area contributed by atoms with Gasteiger partial charge in [0, 0.05) is 31.6 Å². The number of aromatic nitrogens is 1. The topological polar surface area (TPSA) is 4.93 Å². The normalized spacial score (nSPS) is 12.3. The quantitative estimate of drug-likeness (QED) is 0.195. The molecule has 0 saturated carbocycles. The summed E-state index contributed by atoms with van der Waals surface area (Å²) in [6, 6.07) is 60.2. The molecule has 0 amide bonds. The van der Waals surface area contributed by atoms with Gasteiger partial charge in [-0.05, 0) is 92.0 Å². The van der Waals surface area contributed by atoms with Crippen molar-refractivity contribution < 1.29 is 0 Å². The molecule has 0 radical (unpaired) electrons. The van der Waals surface area contributed by atoms with Crippen molar-refractivity contribution in [3.8, 4) is 39.1 Å². The van der Waals surface area contributed by atoms with E-state index in [-0.39, 0.29) is 0 Å². The van der Waals surface area contributed by atoms with Crippen LogP contribution >= 0.6 is 11.8 Å². The molecule has 0 saturated heterocycles. The molecule has 0 atom stereocenters. The van der Waals surface area contributed by atoms with E-state index in [4.69, 9.17) is 0 Å². The van der Waals surface area contributed by atoms with E-state index in [2.05, 4.69) is 168 Å². The number of hydrogen-bond donors (Lipinski definition) is 0. The maximum atomic E-state index is 2.43. The van der Waals surface area contributed by atoms with Gasteiger partial charge in [0.2, 0.25) is 0 Å². The van der Waals surface area contributed by atoms with Crippen LogP contribution in [-0.2, 0) is 0 Å². The molecular weight excluding hydrogens is 575 g/mol. The monoisotopic (exact) mass is 601 g/mol. The largest absolute Gasteiger partial charge is 0.309 e. The molecule has 0 spiro atoms. The smallest absolute Gasteiger partial charge is 0.0547 e. The molecule has 9 aromatic rings. The van der Waals surface area contributed by atoms with Crippen LogP contribution in [0.3, 0.4) is 0 Å². The van der Waals surface area contributed by atoms with Crippen LogP contribution in [0.5, 0.6) is 0 Å². The highest BCUT2D eigenvalue weighted by Crippen LogP contribution is 2.49. The minimum absolute atomic E-state index is 1.17. The Balaban J connectivity index is 1.19. The van der Waals surface area contributed by atoms with Gasteiger partial charge in [-0.15, -0.1) is 0 Å². The van der Waals surface area contributed by atoms with E-state index in [0.29, 0.717) is 0 Å². The lowest BCUT2D eigenvalue weighted by Gasteiger charge is -2.21. The van der Waals surface area contributed by atoms with Crippen molar-refractivity contribution in [3.63, 3.8) is 0 Å². The minimum atomic E-state index is 1.17. The second-order valence-electron chi connectivity index (χ2n) is 12.1. The van der Waals surface area contributed by atoms with Crippen LogP contribution in [0.4, 0.5) is 0 Å². The Labute approximate surface area is 271 Å². The molecule has 1 nitrogen and oxygen atoms in total. The fourth-order valence-electron chi connectivity index (χ4n) is 7.53. The second kappa shape index (κ2) is 9.97. The van der Waals surface area contributed by atoms with Crippen molar-refractivity contribution in [2.75, 3.05) is 0 Å². The van der Waals surface area contributed by atoms with E-state index >= 15 is 0 Å². The average Bonchev–Trinajstić information content (AvgIpc) is 3.46. The van der Waals surface area contributed by atoms with Crippen molar-refractivity contribution in [2.24, 2.45) is 0 Å². The highest BCUT2D eigenvalue weighted by Gasteiger charge is 2.21. The van der Waals surface area contributed by atoms with Gasteiger partial charge < -0.3 is 4.57 Å². The third-order valence-corrected chi connectivity index (χ3v) is 10.7.